The molecule has 2 N–H and O–H groups in total. The SMILES string of the molecule is CNc1ccc2c(n1)[C@](C)(O)CC2. The minimum Gasteiger partial charge on any atom is -0.384 e. The van der Waals surface area contributed by atoms with Crippen LogP contribution in [0.4, 0.5) is 5.82 Å². The van der Waals surface area contributed by atoms with E-state index in [1.54, 1.807) is 0 Å². The second-order valence-electron chi connectivity index (χ2n) is 3.73. The summed E-state index contributed by atoms with van der Waals surface area (Å²) >= 11 is 0. The Morgan fingerprint density at radius 1 is 1.54 bits per heavy atom. The topological polar surface area (TPSA) is 45.2 Å². The molecule has 0 saturated heterocycles. The molecule has 1 aliphatic rings. The lowest BCUT2D eigenvalue weighted by Gasteiger charge is -2.16. The number of aromatic nitrogens is 1. The van der Waals surface area contributed by atoms with Crippen molar-refractivity contribution in [2.45, 2.75) is 25.4 Å². The average Bonchev–Trinajstić information content (AvgIpc) is 2.42. The third-order valence-corrected chi connectivity index (χ3v) is 2.63. The summed E-state index contributed by atoms with van der Waals surface area (Å²) in [6.45, 7) is 1.82. The van der Waals surface area contributed by atoms with Gasteiger partial charge >= 0.3 is 0 Å². The molecule has 0 unspecified atom stereocenters. The van der Waals surface area contributed by atoms with Crippen LogP contribution in [-0.2, 0) is 12.0 Å². The molecule has 1 atom stereocenters. The zero-order valence-electron chi connectivity index (χ0n) is 7.96. The van der Waals surface area contributed by atoms with Gasteiger partial charge in [0.2, 0.25) is 0 Å². The number of fused-ring (bicyclic) bond motifs is 1. The van der Waals surface area contributed by atoms with Crippen LogP contribution in [0.3, 0.4) is 0 Å². The molecule has 1 aliphatic carbocycles. The molecular formula is C10H14N2O. The zero-order valence-corrected chi connectivity index (χ0v) is 7.96. The van der Waals surface area contributed by atoms with E-state index in [1.165, 1.54) is 5.56 Å². The molecule has 0 radical (unpaired) electrons. The lowest BCUT2D eigenvalue weighted by atomic mass is 10.0. The monoisotopic (exact) mass is 178 g/mol. The Hall–Kier alpha value is -1.09. The van der Waals surface area contributed by atoms with Crippen molar-refractivity contribution in [3.63, 3.8) is 0 Å². The van der Waals surface area contributed by atoms with Crippen LogP contribution >= 0.6 is 0 Å². The summed E-state index contributed by atoms with van der Waals surface area (Å²) in [5.41, 5.74) is 1.27. The van der Waals surface area contributed by atoms with Crippen LogP contribution in [0.25, 0.3) is 0 Å². The number of hydrogen-bond acceptors (Lipinski definition) is 3. The first-order valence-corrected chi connectivity index (χ1v) is 4.54. The molecule has 1 heterocycles. The molecule has 0 spiro atoms. The highest BCUT2D eigenvalue weighted by Gasteiger charge is 2.33. The van der Waals surface area contributed by atoms with Crippen molar-refractivity contribution < 1.29 is 5.11 Å². The Morgan fingerprint density at radius 2 is 2.31 bits per heavy atom. The Labute approximate surface area is 77.8 Å². The van der Waals surface area contributed by atoms with Gasteiger partial charge in [0.15, 0.2) is 0 Å². The highest BCUT2D eigenvalue weighted by Crippen LogP contribution is 2.35. The number of hydrogen-bond donors (Lipinski definition) is 2. The fourth-order valence-electron chi connectivity index (χ4n) is 1.79. The smallest absolute Gasteiger partial charge is 0.126 e. The fourth-order valence-corrected chi connectivity index (χ4v) is 1.79. The number of nitrogens with zero attached hydrogens (tertiary/aromatic N) is 1. The number of aryl methyl sites for hydroxylation is 1. The standard InChI is InChI=1S/C10H14N2O/c1-10(13)6-5-7-3-4-8(11-2)12-9(7)10/h3-4,13H,5-6H2,1-2H3,(H,11,12)/t10-/m1/s1. The lowest BCUT2D eigenvalue weighted by Crippen LogP contribution is -2.18. The van der Waals surface area contributed by atoms with Crippen molar-refractivity contribution in [1.82, 2.24) is 4.98 Å². The molecule has 3 heteroatoms. The van der Waals surface area contributed by atoms with Gasteiger partial charge in [0.1, 0.15) is 11.4 Å². The summed E-state index contributed by atoms with van der Waals surface area (Å²) in [6, 6.07) is 3.98. The van der Waals surface area contributed by atoms with E-state index in [-0.39, 0.29) is 0 Å². The number of rotatable bonds is 1. The molecule has 0 amide bonds. The molecule has 0 aromatic carbocycles. The van der Waals surface area contributed by atoms with Crippen LogP contribution in [0, 0.1) is 0 Å². The van der Waals surface area contributed by atoms with E-state index in [0.717, 1.165) is 24.4 Å². The Morgan fingerprint density at radius 3 is 3.00 bits per heavy atom. The van der Waals surface area contributed by atoms with Gasteiger partial charge in [-0.3, -0.25) is 0 Å². The summed E-state index contributed by atoms with van der Waals surface area (Å²) in [6.07, 6.45) is 1.71. The minimum absolute atomic E-state index is 0.734. The van der Waals surface area contributed by atoms with Crippen LogP contribution in [0.2, 0.25) is 0 Å². The van der Waals surface area contributed by atoms with Crippen LogP contribution in [0.5, 0.6) is 0 Å². The van der Waals surface area contributed by atoms with Gasteiger partial charge in [-0.1, -0.05) is 6.07 Å². The Bertz CT molecular complexity index is 334. The largest absolute Gasteiger partial charge is 0.384 e. The summed E-state index contributed by atoms with van der Waals surface area (Å²) in [7, 11) is 1.83. The summed E-state index contributed by atoms with van der Waals surface area (Å²) in [5.74, 6) is 0.820. The van der Waals surface area contributed by atoms with Gasteiger partial charge < -0.3 is 10.4 Å². The third-order valence-electron chi connectivity index (χ3n) is 2.63. The molecule has 70 valence electrons. The highest BCUT2D eigenvalue weighted by molar-refractivity contribution is 5.42. The fraction of sp³-hybridized carbons (Fsp3) is 0.500. The second kappa shape index (κ2) is 2.70. The minimum atomic E-state index is -0.734. The van der Waals surface area contributed by atoms with Crippen LogP contribution in [0.15, 0.2) is 12.1 Å². The van der Waals surface area contributed by atoms with Crippen LogP contribution < -0.4 is 5.32 Å². The average molecular weight is 178 g/mol. The van der Waals surface area contributed by atoms with Gasteiger partial charge in [0, 0.05) is 7.05 Å². The number of pyridine rings is 1. The molecule has 1 aromatic heterocycles. The van der Waals surface area contributed by atoms with E-state index in [1.807, 2.05) is 26.1 Å². The number of aliphatic hydroxyl groups is 1. The van der Waals surface area contributed by atoms with Gasteiger partial charge in [-0.2, -0.15) is 0 Å². The van der Waals surface area contributed by atoms with Crippen LogP contribution in [0.1, 0.15) is 24.6 Å². The maximum absolute atomic E-state index is 9.98. The van der Waals surface area contributed by atoms with Crippen molar-refractivity contribution in [1.29, 1.82) is 0 Å². The number of anilines is 1. The zero-order chi connectivity index (χ0) is 9.47. The van der Waals surface area contributed by atoms with E-state index in [2.05, 4.69) is 10.3 Å². The van der Waals surface area contributed by atoms with E-state index < -0.39 is 5.60 Å². The predicted molar refractivity (Wildman–Crippen MR) is 51.7 cm³/mol. The van der Waals surface area contributed by atoms with Gasteiger partial charge in [0.25, 0.3) is 0 Å². The van der Waals surface area contributed by atoms with Gasteiger partial charge in [0.05, 0.1) is 5.69 Å². The predicted octanol–water partition coefficient (Wildman–Crippen LogP) is 1.28. The van der Waals surface area contributed by atoms with Gasteiger partial charge in [-0.15, -0.1) is 0 Å². The second-order valence-corrected chi connectivity index (χ2v) is 3.73. The van der Waals surface area contributed by atoms with Crippen LogP contribution in [-0.4, -0.2) is 17.1 Å². The Balaban J connectivity index is 2.50. The maximum Gasteiger partial charge on any atom is 0.126 e. The number of nitrogens with one attached hydrogen (secondary N) is 1. The van der Waals surface area contributed by atoms with E-state index >= 15 is 0 Å². The molecule has 13 heavy (non-hydrogen) atoms. The maximum atomic E-state index is 9.98. The van der Waals surface area contributed by atoms with Gasteiger partial charge in [-0.25, -0.2) is 4.98 Å². The molecule has 3 nitrogen and oxygen atoms in total. The third kappa shape index (κ3) is 1.29. The van der Waals surface area contributed by atoms with Crippen molar-refractivity contribution >= 4 is 5.82 Å². The molecule has 0 bridgehead atoms. The lowest BCUT2D eigenvalue weighted by molar-refractivity contribution is 0.0555. The van der Waals surface area contributed by atoms with E-state index in [9.17, 15) is 5.11 Å². The molecule has 0 saturated carbocycles. The first kappa shape index (κ1) is 8.51. The highest BCUT2D eigenvalue weighted by atomic mass is 16.3. The molecule has 0 aliphatic heterocycles. The van der Waals surface area contributed by atoms with Crippen molar-refractivity contribution in [3.8, 4) is 0 Å². The normalized spacial score (nSPS) is 25.8. The summed E-state index contributed by atoms with van der Waals surface area (Å²) < 4.78 is 0. The summed E-state index contributed by atoms with van der Waals surface area (Å²) in [4.78, 5) is 4.36. The quantitative estimate of drug-likeness (QED) is 0.681. The van der Waals surface area contributed by atoms with Crippen molar-refractivity contribution in [2.75, 3.05) is 12.4 Å². The molecule has 0 fully saturated rings. The summed E-state index contributed by atoms with van der Waals surface area (Å²) in [5, 5.41) is 12.9. The first-order valence-electron chi connectivity index (χ1n) is 4.54. The van der Waals surface area contributed by atoms with E-state index in [0.29, 0.717) is 0 Å². The van der Waals surface area contributed by atoms with Gasteiger partial charge in [-0.05, 0) is 31.4 Å². The van der Waals surface area contributed by atoms with Crippen molar-refractivity contribution in [2.24, 2.45) is 0 Å². The van der Waals surface area contributed by atoms with Crippen molar-refractivity contribution in [3.05, 3.63) is 23.4 Å². The molecule has 2 rings (SSSR count). The molecular weight excluding hydrogens is 164 g/mol. The van der Waals surface area contributed by atoms with E-state index in [4.69, 9.17) is 0 Å². The Kier molecular flexibility index (Phi) is 1.77. The first-order chi connectivity index (χ1) is 6.13. The molecule has 1 aromatic rings.